The number of Topliss-reactive ketones (excluding diaryl/α,β-unsaturated/α-hetero) is 1. The van der Waals surface area contributed by atoms with E-state index in [0.717, 1.165) is 6.07 Å². The van der Waals surface area contributed by atoms with Gasteiger partial charge in [0.1, 0.15) is 11.6 Å². The number of carbonyl (C=O) groups excluding carboxylic acids is 3. The van der Waals surface area contributed by atoms with E-state index in [1.54, 1.807) is 12.1 Å². The molecule has 3 aromatic rings. The van der Waals surface area contributed by atoms with Crippen LogP contribution in [0.3, 0.4) is 0 Å². The molecule has 0 saturated carbocycles. The average Bonchev–Trinajstić information content (AvgIpc) is 3.27. The van der Waals surface area contributed by atoms with Crippen molar-refractivity contribution in [3.8, 4) is 0 Å². The van der Waals surface area contributed by atoms with Crippen molar-refractivity contribution in [3.63, 3.8) is 0 Å². The van der Waals surface area contributed by atoms with Crippen molar-refractivity contribution in [2.75, 3.05) is 16.8 Å². The molecule has 0 saturated heterocycles. The monoisotopic (exact) mass is 531 g/mol. The van der Waals surface area contributed by atoms with Gasteiger partial charge in [0.05, 0.1) is 18.3 Å². The number of rotatable bonds is 2. The van der Waals surface area contributed by atoms with Crippen LogP contribution in [0.1, 0.15) is 37.9 Å². The number of benzene rings is 3. The highest BCUT2D eigenvalue weighted by atomic mass is 79.9. The van der Waals surface area contributed by atoms with E-state index in [1.807, 2.05) is 0 Å². The molecule has 5 rings (SSSR count). The van der Waals surface area contributed by atoms with Crippen LogP contribution in [0.2, 0.25) is 5.02 Å². The third kappa shape index (κ3) is 3.67. The maximum absolute atomic E-state index is 13.9. The lowest BCUT2D eigenvalue weighted by atomic mass is 9.96. The normalized spacial score (nSPS) is 16.5. The highest BCUT2D eigenvalue weighted by Crippen LogP contribution is 2.41. The summed E-state index contributed by atoms with van der Waals surface area (Å²) in [4.78, 5) is 39.3. The zero-order valence-electron chi connectivity index (χ0n) is 16.6. The first-order chi connectivity index (χ1) is 15.7. The highest BCUT2D eigenvalue weighted by Gasteiger charge is 2.36. The predicted molar refractivity (Wildman–Crippen MR) is 122 cm³/mol. The van der Waals surface area contributed by atoms with E-state index in [1.165, 1.54) is 35.2 Å². The summed E-state index contributed by atoms with van der Waals surface area (Å²) in [6, 6.07) is 9.17. The number of carbonyl (C=O) groups is 3. The van der Waals surface area contributed by atoms with Crippen LogP contribution in [0, 0.1) is 11.6 Å². The Morgan fingerprint density at radius 3 is 2.58 bits per heavy atom. The molecule has 0 aromatic heterocycles. The van der Waals surface area contributed by atoms with Crippen LogP contribution in [0.25, 0.3) is 0 Å². The fraction of sp³-hybridized carbons (Fsp3) is 0.0870. The van der Waals surface area contributed by atoms with Crippen molar-refractivity contribution in [2.45, 2.75) is 6.04 Å². The minimum atomic E-state index is -0.805. The second-order valence-electron chi connectivity index (χ2n) is 7.59. The van der Waals surface area contributed by atoms with E-state index >= 15 is 0 Å². The van der Waals surface area contributed by atoms with E-state index < -0.39 is 29.6 Å². The molecule has 166 valence electrons. The lowest BCUT2D eigenvalue weighted by Gasteiger charge is -2.21. The number of fused-ring (bicyclic) bond motifs is 2. The van der Waals surface area contributed by atoms with E-state index in [0.29, 0.717) is 15.6 Å². The van der Waals surface area contributed by atoms with Gasteiger partial charge in [0.15, 0.2) is 5.78 Å². The Balaban J connectivity index is 1.55. The third-order valence-electron chi connectivity index (χ3n) is 5.56. The number of amides is 3. The van der Waals surface area contributed by atoms with Crippen LogP contribution in [-0.4, -0.2) is 24.3 Å². The summed E-state index contributed by atoms with van der Waals surface area (Å²) in [5.41, 5.74) is 1.70. The predicted octanol–water partition coefficient (Wildman–Crippen LogP) is 5.45. The van der Waals surface area contributed by atoms with Gasteiger partial charge in [-0.2, -0.15) is 0 Å². The largest absolute Gasteiger partial charge is 0.341 e. The molecule has 2 aliphatic heterocycles. The van der Waals surface area contributed by atoms with Crippen LogP contribution in [0.5, 0.6) is 0 Å². The molecule has 1 unspecified atom stereocenters. The Kier molecular flexibility index (Phi) is 5.18. The summed E-state index contributed by atoms with van der Waals surface area (Å²) in [5.74, 6) is -1.91. The molecule has 0 bridgehead atoms. The lowest BCUT2D eigenvalue weighted by molar-refractivity contribution is 0.0959. The number of anilines is 2. The van der Waals surface area contributed by atoms with Gasteiger partial charge < -0.3 is 10.6 Å². The number of nitrogens with zero attached hydrogens (tertiary/aromatic N) is 1. The molecule has 3 amide bonds. The second-order valence-corrected chi connectivity index (χ2v) is 8.91. The number of hydrogen-bond acceptors (Lipinski definition) is 3. The van der Waals surface area contributed by atoms with Gasteiger partial charge in [-0.25, -0.2) is 13.6 Å². The Morgan fingerprint density at radius 2 is 1.79 bits per heavy atom. The van der Waals surface area contributed by atoms with Crippen molar-refractivity contribution in [1.29, 1.82) is 0 Å². The Labute approximate surface area is 199 Å². The van der Waals surface area contributed by atoms with Crippen molar-refractivity contribution in [3.05, 3.63) is 91.9 Å². The van der Waals surface area contributed by atoms with Crippen LogP contribution >= 0.6 is 27.5 Å². The maximum atomic E-state index is 13.9. The van der Waals surface area contributed by atoms with Crippen molar-refractivity contribution in [1.82, 2.24) is 5.32 Å². The van der Waals surface area contributed by atoms with Gasteiger partial charge in [0, 0.05) is 37.4 Å². The summed E-state index contributed by atoms with van der Waals surface area (Å²) < 4.78 is 28.0. The Morgan fingerprint density at radius 1 is 1.06 bits per heavy atom. The first-order valence-corrected chi connectivity index (χ1v) is 10.9. The van der Waals surface area contributed by atoms with Gasteiger partial charge in [-0.15, -0.1) is 0 Å². The number of hydrogen-bond donors (Lipinski definition) is 2. The highest BCUT2D eigenvalue weighted by molar-refractivity contribution is 9.10. The summed E-state index contributed by atoms with van der Waals surface area (Å²) in [5, 5.41) is 5.76. The molecule has 6 nitrogen and oxygen atoms in total. The van der Waals surface area contributed by atoms with Crippen LogP contribution < -0.4 is 15.5 Å². The number of ketones is 1. The van der Waals surface area contributed by atoms with Crippen molar-refractivity contribution < 1.29 is 23.2 Å². The molecule has 2 heterocycles. The minimum Gasteiger partial charge on any atom is -0.341 e. The molecule has 33 heavy (non-hydrogen) atoms. The smallest absolute Gasteiger partial charge is 0.326 e. The molecule has 10 heteroatoms. The Hall–Kier alpha value is -3.30. The van der Waals surface area contributed by atoms with E-state index in [9.17, 15) is 23.2 Å². The van der Waals surface area contributed by atoms with E-state index in [-0.39, 0.29) is 39.9 Å². The number of urea groups is 1. The fourth-order valence-corrected chi connectivity index (χ4v) is 4.80. The van der Waals surface area contributed by atoms with Crippen LogP contribution in [-0.2, 0) is 0 Å². The quantitative estimate of drug-likeness (QED) is 0.461. The Bertz CT molecular complexity index is 1380. The summed E-state index contributed by atoms with van der Waals surface area (Å²) in [7, 11) is 0. The summed E-state index contributed by atoms with van der Waals surface area (Å²) in [6.07, 6.45) is 0. The molecule has 2 aliphatic rings. The first kappa shape index (κ1) is 21.5. The zero-order valence-corrected chi connectivity index (χ0v) is 18.9. The average molecular weight is 533 g/mol. The van der Waals surface area contributed by atoms with Crippen LogP contribution in [0.15, 0.2) is 53.0 Å². The third-order valence-corrected chi connectivity index (χ3v) is 6.36. The van der Waals surface area contributed by atoms with Crippen molar-refractivity contribution in [2.24, 2.45) is 0 Å². The molecule has 0 radical (unpaired) electrons. The molecular formula is C23H13BrClF2N3O3. The molecule has 0 fully saturated rings. The maximum Gasteiger partial charge on any atom is 0.326 e. The van der Waals surface area contributed by atoms with Gasteiger partial charge in [-0.1, -0.05) is 27.5 Å². The molecule has 2 N–H and O–H groups in total. The summed E-state index contributed by atoms with van der Waals surface area (Å²) in [6.45, 7) is -0.253. The minimum absolute atomic E-state index is 0.117. The van der Waals surface area contributed by atoms with Gasteiger partial charge in [0.25, 0.3) is 5.91 Å². The number of halogens is 4. The van der Waals surface area contributed by atoms with Gasteiger partial charge in [-0.3, -0.25) is 14.5 Å². The SMILES string of the molecule is O=C1CN(C(=O)Nc2cc(Br)cc3c2C(c2cc(F)ccc2Cl)NC3=O)c2ccc(F)cc21. The molecule has 1 atom stereocenters. The topological polar surface area (TPSA) is 78.5 Å². The van der Waals surface area contributed by atoms with Gasteiger partial charge in [0.2, 0.25) is 0 Å². The standard InChI is InChI=1S/C23H13BrClF2N3O3/c24-10-5-15-20(21(29-22(15)32)13-7-11(26)1-3-16(13)25)17(6-10)28-23(33)30-9-19(31)14-8-12(27)2-4-18(14)30/h1-8,21H,9H2,(H,28,33)(H,29,32). The molecule has 0 spiro atoms. The fourth-order valence-electron chi connectivity index (χ4n) is 4.12. The molecule has 0 aliphatic carbocycles. The van der Waals surface area contributed by atoms with E-state index in [2.05, 4.69) is 26.6 Å². The van der Waals surface area contributed by atoms with Gasteiger partial charge in [-0.05, 0) is 48.5 Å². The zero-order chi connectivity index (χ0) is 23.4. The summed E-state index contributed by atoms with van der Waals surface area (Å²) >= 11 is 9.61. The number of nitrogens with one attached hydrogen (secondary N) is 2. The first-order valence-electron chi connectivity index (χ1n) is 9.73. The lowest BCUT2D eigenvalue weighted by Crippen LogP contribution is -2.34. The van der Waals surface area contributed by atoms with Gasteiger partial charge >= 0.3 is 6.03 Å². The molecule has 3 aromatic carbocycles. The van der Waals surface area contributed by atoms with Crippen molar-refractivity contribution >= 4 is 56.6 Å². The second kappa shape index (κ2) is 7.93. The molecular weight excluding hydrogens is 520 g/mol. The van der Waals surface area contributed by atoms with Crippen LogP contribution in [0.4, 0.5) is 25.0 Å². The van der Waals surface area contributed by atoms with E-state index in [4.69, 9.17) is 11.6 Å².